The molecule has 3 aromatic rings. The van der Waals surface area contributed by atoms with Gasteiger partial charge in [-0.2, -0.15) is 0 Å². The molecule has 1 aliphatic heterocycles. The van der Waals surface area contributed by atoms with Gasteiger partial charge in [0.25, 0.3) is 5.22 Å². The van der Waals surface area contributed by atoms with Gasteiger partial charge >= 0.3 is 0 Å². The predicted molar refractivity (Wildman–Crippen MR) is 104 cm³/mol. The number of benzene rings is 2. The lowest BCUT2D eigenvalue weighted by Crippen LogP contribution is -2.28. The van der Waals surface area contributed by atoms with Crippen LogP contribution >= 0.6 is 11.8 Å². The number of hydrogen-bond acceptors (Lipinski definition) is 7. The van der Waals surface area contributed by atoms with Crippen molar-refractivity contribution in [2.24, 2.45) is 0 Å². The molecule has 1 N–H and O–H groups in total. The van der Waals surface area contributed by atoms with Crippen LogP contribution in [0.3, 0.4) is 0 Å². The molecule has 144 valence electrons. The van der Waals surface area contributed by atoms with Gasteiger partial charge in [-0.1, -0.05) is 35.5 Å². The van der Waals surface area contributed by atoms with Gasteiger partial charge in [-0.3, -0.25) is 4.79 Å². The Labute approximate surface area is 166 Å². The van der Waals surface area contributed by atoms with Crippen molar-refractivity contribution in [3.8, 4) is 23.0 Å². The quantitative estimate of drug-likeness (QED) is 0.634. The summed E-state index contributed by atoms with van der Waals surface area (Å²) in [5.74, 6) is 1.93. The van der Waals surface area contributed by atoms with Gasteiger partial charge in [-0.05, 0) is 43.7 Å². The van der Waals surface area contributed by atoms with Crippen LogP contribution in [0.2, 0.25) is 0 Å². The highest BCUT2D eigenvalue weighted by Crippen LogP contribution is 2.34. The van der Waals surface area contributed by atoms with Gasteiger partial charge in [0, 0.05) is 5.56 Å². The van der Waals surface area contributed by atoms with E-state index in [2.05, 4.69) is 15.5 Å². The summed E-state index contributed by atoms with van der Waals surface area (Å²) in [6.07, 6.45) is 0. The average Bonchev–Trinajstić information content (AvgIpc) is 3.35. The Bertz CT molecular complexity index is 1000. The monoisotopic (exact) mass is 397 g/mol. The van der Waals surface area contributed by atoms with Gasteiger partial charge in [-0.25, -0.2) is 0 Å². The maximum atomic E-state index is 12.3. The summed E-state index contributed by atoms with van der Waals surface area (Å²) in [6.45, 7) is 4.15. The molecule has 8 heteroatoms. The Morgan fingerprint density at radius 1 is 1.18 bits per heavy atom. The predicted octanol–water partition coefficient (Wildman–Crippen LogP) is 3.74. The fourth-order valence-electron chi connectivity index (χ4n) is 2.84. The van der Waals surface area contributed by atoms with Crippen molar-refractivity contribution in [3.05, 3.63) is 53.6 Å². The van der Waals surface area contributed by atoms with Gasteiger partial charge in [0.1, 0.15) is 0 Å². The molecule has 0 saturated carbocycles. The van der Waals surface area contributed by atoms with E-state index in [0.717, 1.165) is 22.4 Å². The number of nitrogens with one attached hydrogen (secondary N) is 1. The molecule has 28 heavy (non-hydrogen) atoms. The number of ether oxygens (including phenoxy) is 2. The van der Waals surface area contributed by atoms with Crippen molar-refractivity contribution in [2.45, 2.75) is 25.1 Å². The third-order valence-corrected chi connectivity index (χ3v) is 5.09. The minimum Gasteiger partial charge on any atom is -0.454 e. The first-order valence-corrected chi connectivity index (χ1v) is 9.79. The Morgan fingerprint density at radius 2 is 2.04 bits per heavy atom. The van der Waals surface area contributed by atoms with Crippen LogP contribution in [0.1, 0.15) is 24.1 Å². The van der Waals surface area contributed by atoms with Crippen molar-refractivity contribution < 1.29 is 18.7 Å². The van der Waals surface area contributed by atoms with E-state index in [4.69, 9.17) is 13.9 Å². The first-order valence-electron chi connectivity index (χ1n) is 8.81. The van der Waals surface area contributed by atoms with E-state index in [9.17, 15) is 4.79 Å². The van der Waals surface area contributed by atoms with Crippen LogP contribution in [-0.4, -0.2) is 28.7 Å². The minimum absolute atomic E-state index is 0.120. The van der Waals surface area contributed by atoms with E-state index in [1.54, 1.807) is 0 Å². The van der Waals surface area contributed by atoms with Crippen LogP contribution in [0, 0.1) is 6.92 Å². The van der Waals surface area contributed by atoms with Crippen molar-refractivity contribution in [1.82, 2.24) is 15.5 Å². The second kappa shape index (κ2) is 7.93. The number of thioether (sulfide) groups is 1. The molecule has 4 rings (SSSR count). The highest BCUT2D eigenvalue weighted by Gasteiger charge is 2.17. The topological polar surface area (TPSA) is 86.5 Å². The molecule has 0 aliphatic carbocycles. The van der Waals surface area contributed by atoms with E-state index < -0.39 is 0 Å². The number of fused-ring (bicyclic) bond motifs is 1. The number of rotatable bonds is 6. The summed E-state index contributed by atoms with van der Waals surface area (Å²) in [4.78, 5) is 12.3. The first-order chi connectivity index (χ1) is 13.6. The van der Waals surface area contributed by atoms with Gasteiger partial charge in [0.15, 0.2) is 11.5 Å². The van der Waals surface area contributed by atoms with E-state index >= 15 is 0 Å². The Balaban J connectivity index is 1.32. The largest absolute Gasteiger partial charge is 0.454 e. The summed E-state index contributed by atoms with van der Waals surface area (Å²) in [6, 6.07) is 13.3. The fraction of sp³-hybridized carbons (Fsp3) is 0.250. The highest BCUT2D eigenvalue weighted by atomic mass is 32.2. The average molecular weight is 397 g/mol. The van der Waals surface area contributed by atoms with Gasteiger partial charge in [0.2, 0.25) is 18.6 Å². The highest BCUT2D eigenvalue weighted by molar-refractivity contribution is 7.99. The van der Waals surface area contributed by atoms with E-state index in [1.165, 1.54) is 11.8 Å². The van der Waals surface area contributed by atoms with Crippen molar-refractivity contribution in [2.75, 3.05) is 12.5 Å². The van der Waals surface area contributed by atoms with E-state index in [0.29, 0.717) is 16.9 Å². The van der Waals surface area contributed by atoms with Gasteiger partial charge in [-0.15, -0.1) is 10.2 Å². The SMILES string of the molecule is Cc1cccc(-c2nnc(SCC(=O)N[C@@H](C)c3ccc4c(c3)OCO4)o2)c1. The molecular formula is C20H19N3O4S. The molecule has 0 fully saturated rings. The van der Waals surface area contributed by atoms with Crippen LogP contribution in [0.4, 0.5) is 0 Å². The molecule has 0 spiro atoms. The van der Waals surface area contributed by atoms with Crippen molar-refractivity contribution >= 4 is 17.7 Å². The number of hydrogen-bond donors (Lipinski definition) is 1. The van der Waals surface area contributed by atoms with Gasteiger partial charge in [0.05, 0.1) is 11.8 Å². The molecule has 1 aromatic heterocycles. The van der Waals surface area contributed by atoms with Crippen molar-refractivity contribution in [1.29, 1.82) is 0 Å². The van der Waals surface area contributed by atoms with Crippen LogP contribution in [0.25, 0.3) is 11.5 Å². The molecule has 1 aliphatic rings. The molecule has 0 bridgehead atoms. The Hall–Kier alpha value is -3.00. The molecule has 2 aromatic carbocycles. The number of carbonyl (C=O) groups excluding carboxylic acids is 1. The normalized spacial score (nSPS) is 13.4. The molecule has 0 saturated heterocycles. The number of aromatic nitrogens is 2. The lowest BCUT2D eigenvalue weighted by atomic mass is 10.1. The minimum atomic E-state index is -0.159. The molecule has 0 unspecified atom stereocenters. The standard InChI is InChI=1S/C20H19N3O4S/c1-12-4-3-5-15(8-12)19-22-23-20(27-19)28-10-18(24)21-13(2)14-6-7-16-17(9-14)26-11-25-16/h3-9,13H,10-11H2,1-2H3,(H,21,24)/t13-/m0/s1. The van der Waals surface area contributed by atoms with E-state index in [1.807, 2.05) is 56.3 Å². The van der Waals surface area contributed by atoms with Crippen LogP contribution in [0.5, 0.6) is 11.5 Å². The summed E-state index contributed by atoms with van der Waals surface area (Å²) in [5, 5.41) is 11.4. The zero-order chi connectivity index (χ0) is 19.5. The summed E-state index contributed by atoms with van der Waals surface area (Å²) in [7, 11) is 0. The maximum absolute atomic E-state index is 12.3. The zero-order valence-corrected chi connectivity index (χ0v) is 16.3. The van der Waals surface area contributed by atoms with E-state index in [-0.39, 0.29) is 24.5 Å². The molecule has 1 amide bonds. The zero-order valence-electron chi connectivity index (χ0n) is 15.5. The number of carbonyl (C=O) groups is 1. The molecule has 0 radical (unpaired) electrons. The number of amides is 1. The molecule has 1 atom stereocenters. The second-order valence-corrected chi connectivity index (χ2v) is 7.36. The number of nitrogens with zero attached hydrogens (tertiary/aromatic N) is 2. The summed E-state index contributed by atoms with van der Waals surface area (Å²) in [5.41, 5.74) is 2.92. The second-order valence-electron chi connectivity index (χ2n) is 6.43. The summed E-state index contributed by atoms with van der Waals surface area (Å²) < 4.78 is 16.3. The van der Waals surface area contributed by atoms with Crippen LogP contribution < -0.4 is 14.8 Å². The fourth-order valence-corrected chi connectivity index (χ4v) is 3.41. The molecule has 7 nitrogen and oxygen atoms in total. The number of aryl methyl sites for hydroxylation is 1. The molecule has 2 heterocycles. The Morgan fingerprint density at radius 3 is 2.89 bits per heavy atom. The van der Waals surface area contributed by atoms with Gasteiger partial charge < -0.3 is 19.2 Å². The van der Waals surface area contributed by atoms with Crippen LogP contribution in [0.15, 0.2) is 52.1 Å². The lowest BCUT2D eigenvalue weighted by molar-refractivity contribution is -0.119. The third kappa shape index (κ3) is 4.12. The first kappa shape index (κ1) is 18.4. The van der Waals surface area contributed by atoms with Crippen LogP contribution in [-0.2, 0) is 4.79 Å². The maximum Gasteiger partial charge on any atom is 0.277 e. The molecular weight excluding hydrogens is 378 g/mol. The Kier molecular flexibility index (Phi) is 5.21. The van der Waals surface area contributed by atoms with Crippen molar-refractivity contribution in [3.63, 3.8) is 0 Å². The summed E-state index contributed by atoms with van der Waals surface area (Å²) >= 11 is 1.21. The smallest absolute Gasteiger partial charge is 0.277 e. The lowest BCUT2D eigenvalue weighted by Gasteiger charge is -2.14. The third-order valence-electron chi connectivity index (χ3n) is 4.27.